The molecule has 234 valence electrons. The van der Waals surface area contributed by atoms with Crippen LogP contribution in [0.3, 0.4) is 0 Å². The number of nitrogens with zero attached hydrogens (tertiary/aromatic N) is 5. The topological polar surface area (TPSA) is 95.5 Å². The molecular formula is C34H56N6O2. The van der Waals surface area contributed by atoms with Crippen LogP contribution in [0.1, 0.15) is 109 Å². The number of likely N-dealkylation sites (tertiary alicyclic amines) is 1. The number of carbonyl (C=O) groups is 1. The highest BCUT2D eigenvalue weighted by Gasteiger charge is 2.41. The van der Waals surface area contributed by atoms with E-state index in [0.717, 1.165) is 63.2 Å². The van der Waals surface area contributed by atoms with Crippen molar-refractivity contribution in [3.05, 3.63) is 41.9 Å². The van der Waals surface area contributed by atoms with E-state index >= 15 is 0 Å². The van der Waals surface area contributed by atoms with E-state index in [9.17, 15) is 10.1 Å². The molecule has 0 spiro atoms. The first-order valence-electron chi connectivity index (χ1n) is 16.0. The van der Waals surface area contributed by atoms with Crippen LogP contribution < -0.4 is 5.32 Å². The average Bonchev–Trinajstić information content (AvgIpc) is 3.59. The van der Waals surface area contributed by atoms with Gasteiger partial charge in [0.1, 0.15) is 5.41 Å². The second-order valence-corrected chi connectivity index (χ2v) is 12.0. The standard InChI is InChI=1S/C32H50N6O2.C2H6/c1-9-27(22(2)3)12-11-24(5)38-25(6)28(20-35-38)31(39)36-23(4)10-13-30(34-8)32(21-33)15-17-37(18-16-32)29-14-19-40-26(29)7;1-2/h10,13,20,22,24,26-27,29H,4,9,11-12,14-19H2,1-3,5-8H3,(H,36,39);1-2H3/b13-10-,34-30?;. The number of carbonyl (C=O) groups excluding carboxylic acids is 1. The lowest BCUT2D eigenvalue weighted by atomic mass is 9.75. The first-order chi connectivity index (χ1) is 20.1. The fourth-order valence-electron chi connectivity index (χ4n) is 6.42. The Bertz CT molecular complexity index is 1120. The zero-order valence-electron chi connectivity index (χ0n) is 27.7. The maximum absolute atomic E-state index is 13.1. The molecule has 1 aromatic heterocycles. The van der Waals surface area contributed by atoms with E-state index in [0.29, 0.717) is 29.1 Å². The van der Waals surface area contributed by atoms with E-state index in [1.165, 1.54) is 6.42 Å². The van der Waals surface area contributed by atoms with Crippen LogP contribution in [0, 0.1) is 35.5 Å². The summed E-state index contributed by atoms with van der Waals surface area (Å²) in [6.45, 7) is 23.6. The largest absolute Gasteiger partial charge is 0.377 e. The molecule has 8 heteroatoms. The van der Waals surface area contributed by atoms with Gasteiger partial charge in [-0.1, -0.05) is 47.6 Å². The summed E-state index contributed by atoms with van der Waals surface area (Å²) >= 11 is 0. The molecule has 3 heterocycles. The highest BCUT2D eigenvalue weighted by atomic mass is 16.5. The van der Waals surface area contributed by atoms with E-state index in [2.05, 4.69) is 67.6 Å². The smallest absolute Gasteiger partial charge is 0.259 e. The van der Waals surface area contributed by atoms with Crippen molar-refractivity contribution in [3.8, 4) is 6.07 Å². The quantitative estimate of drug-likeness (QED) is 0.214. The summed E-state index contributed by atoms with van der Waals surface area (Å²) in [6, 6.07) is 3.21. The van der Waals surface area contributed by atoms with E-state index in [1.807, 2.05) is 31.5 Å². The third-order valence-corrected chi connectivity index (χ3v) is 9.25. The number of hydrogen-bond acceptors (Lipinski definition) is 6. The molecule has 4 atom stereocenters. The number of aliphatic imine (C=N–C) groups is 1. The Morgan fingerprint density at radius 3 is 2.48 bits per heavy atom. The molecular weight excluding hydrogens is 524 g/mol. The fourth-order valence-corrected chi connectivity index (χ4v) is 6.42. The SMILES string of the molecule is C=C(/C=C\C(=NC)C1(C#N)CCN(C2CCOC2C)CC1)NC(=O)c1cnn(C(C)CCC(CC)C(C)C)c1C.CC. The van der Waals surface area contributed by atoms with Gasteiger partial charge in [0, 0.05) is 50.2 Å². The summed E-state index contributed by atoms with van der Waals surface area (Å²) in [7, 11) is 1.72. The van der Waals surface area contributed by atoms with Crippen LogP contribution in [0.4, 0.5) is 0 Å². The number of nitriles is 1. The van der Waals surface area contributed by atoms with Gasteiger partial charge in [-0.05, 0) is 76.9 Å². The zero-order chi connectivity index (χ0) is 31.4. The third kappa shape index (κ3) is 8.64. The minimum absolute atomic E-state index is 0.221. The Hall–Kier alpha value is -2.76. The fraction of sp³-hybridized carbons (Fsp3) is 0.706. The van der Waals surface area contributed by atoms with Crippen LogP contribution in [0.5, 0.6) is 0 Å². The molecule has 0 aromatic carbocycles. The number of rotatable bonds is 12. The van der Waals surface area contributed by atoms with Gasteiger partial charge in [-0.25, -0.2) is 0 Å². The van der Waals surface area contributed by atoms with Crippen LogP contribution in [-0.4, -0.2) is 65.2 Å². The zero-order valence-corrected chi connectivity index (χ0v) is 27.7. The van der Waals surface area contributed by atoms with Gasteiger partial charge in [0.15, 0.2) is 0 Å². The Morgan fingerprint density at radius 2 is 1.95 bits per heavy atom. The molecule has 4 unspecified atom stereocenters. The molecule has 1 aromatic rings. The lowest BCUT2D eigenvalue weighted by molar-refractivity contribution is 0.0564. The average molecular weight is 581 g/mol. The van der Waals surface area contributed by atoms with Crippen LogP contribution >= 0.6 is 0 Å². The monoisotopic (exact) mass is 580 g/mol. The number of hydrogen-bond donors (Lipinski definition) is 1. The molecule has 0 bridgehead atoms. The highest BCUT2D eigenvalue weighted by molar-refractivity contribution is 6.02. The highest BCUT2D eigenvalue weighted by Crippen LogP contribution is 2.36. The van der Waals surface area contributed by atoms with Crippen molar-refractivity contribution in [3.63, 3.8) is 0 Å². The van der Waals surface area contributed by atoms with Crippen molar-refractivity contribution in [1.82, 2.24) is 20.0 Å². The molecule has 2 saturated heterocycles. The molecule has 2 fully saturated rings. The molecule has 2 aliphatic rings. The summed E-state index contributed by atoms with van der Waals surface area (Å²) < 4.78 is 7.72. The van der Waals surface area contributed by atoms with Crippen LogP contribution in [0.25, 0.3) is 0 Å². The Kier molecular flexibility index (Phi) is 14.1. The number of allylic oxidation sites excluding steroid dienone is 2. The lowest BCUT2D eigenvalue weighted by Gasteiger charge is -2.40. The molecule has 1 N–H and O–H groups in total. The number of ether oxygens (including phenoxy) is 1. The summed E-state index contributed by atoms with van der Waals surface area (Å²) in [5.74, 6) is 1.14. The van der Waals surface area contributed by atoms with Crippen LogP contribution in [-0.2, 0) is 4.74 Å². The second kappa shape index (κ2) is 16.8. The number of amides is 1. The van der Waals surface area contributed by atoms with Gasteiger partial charge in [0.05, 0.1) is 29.6 Å². The summed E-state index contributed by atoms with van der Waals surface area (Å²) in [5.41, 5.74) is 1.94. The molecule has 1 amide bonds. The lowest BCUT2D eigenvalue weighted by Crippen LogP contribution is -2.49. The number of nitrogens with one attached hydrogen (secondary N) is 1. The van der Waals surface area contributed by atoms with Crippen molar-refractivity contribution in [2.75, 3.05) is 26.7 Å². The normalized spacial score (nSPS) is 22.4. The van der Waals surface area contributed by atoms with E-state index in [1.54, 1.807) is 19.3 Å². The second-order valence-electron chi connectivity index (χ2n) is 12.0. The van der Waals surface area contributed by atoms with Crippen LogP contribution in [0.2, 0.25) is 0 Å². The Balaban J connectivity index is 0.00000301. The summed E-state index contributed by atoms with van der Waals surface area (Å²) in [6.07, 6.45) is 11.3. The minimum atomic E-state index is -0.644. The molecule has 0 radical (unpaired) electrons. The maximum atomic E-state index is 13.1. The van der Waals surface area contributed by atoms with E-state index < -0.39 is 5.41 Å². The van der Waals surface area contributed by atoms with Crippen molar-refractivity contribution < 1.29 is 9.53 Å². The summed E-state index contributed by atoms with van der Waals surface area (Å²) in [4.78, 5) is 20.0. The third-order valence-electron chi connectivity index (χ3n) is 9.25. The maximum Gasteiger partial charge on any atom is 0.259 e. The van der Waals surface area contributed by atoms with Gasteiger partial charge in [-0.2, -0.15) is 10.4 Å². The Labute approximate surface area is 255 Å². The van der Waals surface area contributed by atoms with Crippen molar-refractivity contribution in [2.45, 2.75) is 112 Å². The van der Waals surface area contributed by atoms with Gasteiger partial charge in [-0.15, -0.1) is 0 Å². The molecule has 42 heavy (non-hydrogen) atoms. The molecule has 0 saturated carbocycles. The van der Waals surface area contributed by atoms with E-state index in [4.69, 9.17) is 4.74 Å². The van der Waals surface area contributed by atoms with Crippen molar-refractivity contribution in [2.24, 2.45) is 22.2 Å². The van der Waals surface area contributed by atoms with Gasteiger partial charge in [-0.3, -0.25) is 19.4 Å². The van der Waals surface area contributed by atoms with Gasteiger partial charge in [0.25, 0.3) is 5.91 Å². The minimum Gasteiger partial charge on any atom is -0.377 e. The molecule has 8 nitrogen and oxygen atoms in total. The van der Waals surface area contributed by atoms with Gasteiger partial charge < -0.3 is 10.1 Å². The predicted octanol–water partition coefficient (Wildman–Crippen LogP) is 6.89. The number of aromatic nitrogens is 2. The van der Waals surface area contributed by atoms with E-state index in [-0.39, 0.29) is 18.1 Å². The summed E-state index contributed by atoms with van der Waals surface area (Å²) in [5, 5.41) is 17.6. The molecule has 2 aliphatic heterocycles. The predicted molar refractivity (Wildman–Crippen MR) is 173 cm³/mol. The van der Waals surface area contributed by atoms with Crippen molar-refractivity contribution >= 4 is 11.6 Å². The molecule has 3 rings (SSSR count). The van der Waals surface area contributed by atoms with Crippen LogP contribution in [0.15, 0.2) is 35.6 Å². The molecule has 0 aliphatic carbocycles. The number of piperidine rings is 1. The van der Waals surface area contributed by atoms with Crippen molar-refractivity contribution in [1.29, 1.82) is 5.26 Å². The Morgan fingerprint density at radius 1 is 1.29 bits per heavy atom. The van der Waals surface area contributed by atoms with Gasteiger partial charge >= 0.3 is 0 Å². The first-order valence-corrected chi connectivity index (χ1v) is 16.0. The van der Waals surface area contributed by atoms with Gasteiger partial charge in [0.2, 0.25) is 0 Å². The first kappa shape index (κ1) is 35.4.